The number of piperazine rings is 1. The van der Waals surface area contributed by atoms with Crippen LogP contribution >= 0.6 is 11.6 Å². The number of anilines is 1. The van der Waals surface area contributed by atoms with Crippen molar-refractivity contribution in [2.24, 2.45) is 0 Å². The normalized spacial score (nSPS) is 23.4. The summed E-state index contributed by atoms with van der Waals surface area (Å²) < 4.78 is 5.69. The van der Waals surface area contributed by atoms with E-state index in [4.69, 9.17) is 16.3 Å². The zero-order valence-electron chi connectivity index (χ0n) is 20.9. The first-order valence-electron chi connectivity index (χ1n) is 12.4. The monoisotopic (exact) mass is 513 g/mol. The van der Waals surface area contributed by atoms with Gasteiger partial charge in [-0.05, 0) is 57.2 Å². The lowest BCUT2D eigenvalue weighted by atomic mass is 9.87. The molecule has 0 saturated carbocycles. The molecule has 10 heteroatoms. The number of nitrogens with zero attached hydrogens (tertiary/aromatic N) is 5. The van der Waals surface area contributed by atoms with Crippen LogP contribution in [0.4, 0.5) is 15.4 Å². The molecule has 1 unspecified atom stereocenters. The number of hydrogen-bond donors (Lipinski definition) is 1. The minimum absolute atomic E-state index is 0.0228. The van der Waals surface area contributed by atoms with Gasteiger partial charge in [0.15, 0.2) is 0 Å². The van der Waals surface area contributed by atoms with Crippen LogP contribution in [0.1, 0.15) is 56.4 Å². The molecule has 2 bridgehead atoms. The molecular weight excluding hydrogens is 482 g/mol. The molecule has 0 spiro atoms. The molecule has 36 heavy (non-hydrogen) atoms. The topological polar surface area (TPSA) is 99.1 Å². The maximum Gasteiger partial charge on any atom is 0.410 e. The SMILES string of the molecule is CC(C)(C)OC(=O)N1[C@@H]2CC[C@H]1CN(c1nc(Cl)nc3c1C(Cc1ccccc1)CN(C(=O)O)C3)C2. The lowest BCUT2D eigenvalue weighted by Gasteiger charge is -2.43. The summed E-state index contributed by atoms with van der Waals surface area (Å²) in [7, 11) is 0. The van der Waals surface area contributed by atoms with Crippen molar-refractivity contribution in [3.63, 3.8) is 0 Å². The van der Waals surface area contributed by atoms with Crippen LogP contribution in [0.3, 0.4) is 0 Å². The molecule has 0 radical (unpaired) electrons. The van der Waals surface area contributed by atoms with E-state index < -0.39 is 11.7 Å². The quantitative estimate of drug-likeness (QED) is 0.601. The van der Waals surface area contributed by atoms with Crippen molar-refractivity contribution in [1.29, 1.82) is 0 Å². The number of hydrogen-bond acceptors (Lipinski definition) is 6. The zero-order valence-corrected chi connectivity index (χ0v) is 21.6. The van der Waals surface area contributed by atoms with E-state index in [1.807, 2.05) is 43.9 Å². The van der Waals surface area contributed by atoms with Crippen molar-refractivity contribution in [1.82, 2.24) is 19.8 Å². The number of ether oxygens (including phenoxy) is 1. The Morgan fingerprint density at radius 3 is 2.36 bits per heavy atom. The van der Waals surface area contributed by atoms with E-state index in [9.17, 15) is 14.7 Å². The number of benzene rings is 1. The highest BCUT2D eigenvalue weighted by molar-refractivity contribution is 6.28. The van der Waals surface area contributed by atoms with Crippen LogP contribution in [0.25, 0.3) is 0 Å². The third kappa shape index (κ3) is 4.93. The molecule has 2 saturated heterocycles. The smallest absolute Gasteiger partial charge is 0.410 e. The van der Waals surface area contributed by atoms with Gasteiger partial charge in [0.1, 0.15) is 11.4 Å². The lowest BCUT2D eigenvalue weighted by Crippen LogP contribution is -2.57. The van der Waals surface area contributed by atoms with Crippen LogP contribution in [-0.2, 0) is 17.7 Å². The number of halogens is 1. The zero-order chi connectivity index (χ0) is 25.6. The van der Waals surface area contributed by atoms with E-state index in [2.05, 4.69) is 27.0 Å². The maximum absolute atomic E-state index is 12.9. The van der Waals surface area contributed by atoms with Gasteiger partial charge in [-0.25, -0.2) is 19.6 Å². The van der Waals surface area contributed by atoms with Crippen LogP contribution in [0, 0.1) is 0 Å². The Bertz CT molecular complexity index is 1140. The van der Waals surface area contributed by atoms with Gasteiger partial charge in [0.2, 0.25) is 5.28 Å². The molecule has 3 atom stereocenters. The molecule has 3 aliphatic heterocycles. The van der Waals surface area contributed by atoms with Gasteiger partial charge < -0.3 is 19.6 Å². The molecule has 5 rings (SSSR count). The Morgan fingerprint density at radius 1 is 1.08 bits per heavy atom. The number of carbonyl (C=O) groups excluding carboxylic acids is 1. The highest BCUT2D eigenvalue weighted by atomic mass is 35.5. The van der Waals surface area contributed by atoms with Gasteiger partial charge in [-0.3, -0.25) is 4.90 Å². The van der Waals surface area contributed by atoms with Gasteiger partial charge in [-0.15, -0.1) is 0 Å². The number of rotatable bonds is 3. The van der Waals surface area contributed by atoms with E-state index >= 15 is 0 Å². The first-order valence-corrected chi connectivity index (χ1v) is 12.8. The van der Waals surface area contributed by atoms with E-state index in [0.717, 1.165) is 29.8 Å². The van der Waals surface area contributed by atoms with Gasteiger partial charge in [0.05, 0.1) is 24.3 Å². The minimum Gasteiger partial charge on any atom is -0.465 e. The van der Waals surface area contributed by atoms with Gasteiger partial charge in [-0.1, -0.05) is 30.3 Å². The maximum atomic E-state index is 12.9. The first-order chi connectivity index (χ1) is 17.1. The highest BCUT2D eigenvalue weighted by Crippen LogP contribution is 2.40. The fraction of sp³-hybridized carbons (Fsp3) is 0.538. The molecule has 2 fully saturated rings. The van der Waals surface area contributed by atoms with Crippen molar-refractivity contribution in [3.05, 3.63) is 52.4 Å². The molecule has 0 aliphatic carbocycles. The summed E-state index contributed by atoms with van der Waals surface area (Å²) >= 11 is 6.38. The summed E-state index contributed by atoms with van der Waals surface area (Å²) in [6.45, 7) is 7.42. The standard InChI is InChI=1S/C26H32ClN5O4/c1-26(2,3)36-25(35)32-18-9-10-19(32)14-30(13-18)22-21-17(11-16-7-5-4-6-8-16)12-31(24(33)34)15-20(21)28-23(27)29-22/h4-8,17-19H,9-15H2,1-3H3,(H,33,34)/t17?,18-,19+. The summed E-state index contributed by atoms with van der Waals surface area (Å²) in [5.41, 5.74) is 2.19. The summed E-state index contributed by atoms with van der Waals surface area (Å²) in [4.78, 5) is 39.5. The van der Waals surface area contributed by atoms with Crippen molar-refractivity contribution in [2.75, 3.05) is 24.5 Å². The second-order valence-electron chi connectivity index (χ2n) is 10.9. The van der Waals surface area contributed by atoms with Gasteiger partial charge in [0.25, 0.3) is 0 Å². The second kappa shape index (κ2) is 9.42. The average Bonchev–Trinajstić information content (AvgIpc) is 3.07. The van der Waals surface area contributed by atoms with Gasteiger partial charge in [0, 0.05) is 31.1 Å². The Balaban J connectivity index is 1.47. The summed E-state index contributed by atoms with van der Waals surface area (Å²) in [5.74, 6) is 0.651. The van der Waals surface area contributed by atoms with Crippen LogP contribution in [-0.4, -0.2) is 74.4 Å². The van der Waals surface area contributed by atoms with Gasteiger partial charge >= 0.3 is 12.2 Å². The van der Waals surface area contributed by atoms with Crippen LogP contribution in [0.15, 0.2) is 30.3 Å². The predicted molar refractivity (Wildman–Crippen MR) is 135 cm³/mol. The fourth-order valence-electron chi connectivity index (χ4n) is 5.76. The second-order valence-corrected chi connectivity index (χ2v) is 11.2. The molecular formula is C26H32ClN5O4. The molecule has 2 amide bonds. The Kier molecular flexibility index (Phi) is 6.44. The minimum atomic E-state index is -0.973. The molecule has 3 aliphatic rings. The van der Waals surface area contributed by atoms with E-state index in [1.165, 1.54) is 4.90 Å². The Labute approximate surface area is 216 Å². The van der Waals surface area contributed by atoms with Crippen molar-refractivity contribution < 1.29 is 19.4 Å². The highest BCUT2D eigenvalue weighted by Gasteiger charge is 2.46. The molecule has 1 aromatic carbocycles. The average molecular weight is 514 g/mol. The Hall–Kier alpha value is -3.07. The van der Waals surface area contributed by atoms with Crippen LogP contribution in [0.5, 0.6) is 0 Å². The summed E-state index contributed by atoms with van der Waals surface area (Å²) in [5, 5.41) is 9.87. The predicted octanol–water partition coefficient (Wildman–Crippen LogP) is 4.54. The van der Waals surface area contributed by atoms with Crippen LogP contribution in [0.2, 0.25) is 5.28 Å². The van der Waals surface area contributed by atoms with Gasteiger partial charge in [-0.2, -0.15) is 0 Å². The Morgan fingerprint density at radius 2 is 1.75 bits per heavy atom. The lowest BCUT2D eigenvalue weighted by molar-refractivity contribution is 0.0122. The number of amides is 2. The molecule has 2 aromatic rings. The first kappa shape index (κ1) is 24.6. The summed E-state index contributed by atoms with van der Waals surface area (Å²) in [6.07, 6.45) is 1.24. The molecule has 1 N–H and O–H groups in total. The van der Waals surface area contributed by atoms with E-state index in [-0.39, 0.29) is 35.9 Å². The number of aromatic nitrogens is 2. The fourth-order valence-corrected chi connectivity index (χ4v) is 5.94. The van der Waals surface area contributed by atoms with Crippen LogP contribution < -0.4 is 4.90 Å². The van der Waals surface area contributed by atoms with E-state index in [0.29, 0.717) is 31.7 Å². The number of carbonyl (C=O) groups is 2. The van der Waals surface area contributed by atoms with Crippen molar-refractivity contribution >= 4 is 29.6 Å². The third-order valence-corrected chi connectivity index (χ3v) is 7.32. The number of carboxylic acid groups (broad SMARTS) is 1. The molecule has 1 aromatic heterocycles. The third-order valence-electron chi connectivity index (χ3n) is 7.15. The van der Waals surface area contributed by atoms with Crippen molar-refractivity contribution in [3.8, 4) is 0 Å². The largest absolute Gasteiger partial charge is 0.465 e. The van der Waals surface area contributed by atoms with E-state index in [1.54, 1.807) is 0 Å². The molecule has 192 valence electrons. The summed E-state index contributed by atoms with van der Waals surface area (Å²) in [6, 6.07) is 10.1. The molecule has 9 nitrogen and oxygen atoms in total. The molecule has 4 heterocycles. The number of fused-ring (bicyclic) bond motifs is 3. The van der Waals surface area contributed by atoms with Crippen molar-refractivity contribution in [2.45, 2.75) is 70.2 Å².